The minimum absolute atomic E-state index is 2.00. The maximum atomic E-state index is 4.92. The van der Waals surface area contributed by atoms with E-state index < -0.39 is 17.6 Å². The molecule has 0 heterocycles. The summed E-state index contributed by atoms with van der Waals surface area (Å²) in [7, 11) is 42.6. The summed E-state index contributed by atoms with van der Waals surface area (Å²) in [5, 5.41) is 4.00. The average molecular weight is 493 g/mol. The van der Waals surface area contributed by atoms with E-state index in [2.05, 4.69) is 0 Å². The number of halogens is 8. The predicted octanol–water partition coefficient (Wildman–Crippen LogP) is 3.13. The molecule has 2 nitrogen and oxygen atoms in total. The fourth-order valence-electron chi connectivity index (χ4n) is 0. The van der Waals surface area contributed by atoms with Crippen LogP contribution in [0.15, 0.2) is 0 Å². The molecule has 0 saturated heterocycles. The van der Waals surface area contributed by atoms with Crippen LogP contribution >= 0.6 is 81.6 Å². The molecule has 0 bridgehead atoms. The zero-order valence-electron chi connectivity index (χ0n) is 8.81. The van der Waals surface area contributed by atoms with Crippen LogP contribution < -0.4 is 10.6 Å². The van der Waals surface area contributed by atoms with Crippen molar-refractivity contribution >= 4 is 81.6 Å². The van der Waals surface area contributed by atoms with Gasteiger partial charge < -0.3 is 10.6 Å². The number of nitrogens with two attached hydrogens (primary N) is 2. The van der Waals surface area contributed by atoms with E-state index in [0.717, 1.165) is 0 Å². The minimum atomic E-state index is -2.36. The first-order valence-electron chi connectivity index (χ1n) is 3.27. The standard InChI is InChI=1S/2C2H7N.8ClH.2Ni/c2*1-3-2;;;;;;;;;;/h2*3H,1-2H3;8*1H;;/q;;;;;;;;;;2*+3/p-6. The van der Waals surface area contributed by atoms with E-state index in [0.29, 0.717) is 0 Å². The molecule has 0 atom stereocenters. The van der Waals surface area contributed by atoms with Gasteiger partial charge in [-0.25, -0.2) is 0 Å². The molecule has 0 spiro atoms. The van der Waals surface area contributed by atoms with Crippen molar-refractivity contribution in [2.45, 2.75) is 0 Å². The molecule has 0 saturated carbocycles. The molecule has 0 radical (unpaired) electrons. The van der Waals surface area contributed by atoms with Crippen LogP contribution in [0.3, 0.4) is 0 Å². The Kier molecular flexibility index (Phi) is 31.4. The predicted molar refractivity (Wildman–Crippen MR) is 74.4 cm³/mol. The van der Waals surface area contributed by atoms with E-state index >= 15 is 0 Å². The van der Waals surface area contributed by atoms with Crippen molar-refractivity contribution in [3.63, 3.8) is 0 Å². The van der Waals surface area contributed by atoms with E-state index in [1.807, 2.05) is 38.8 Å². The summed E-state index contributed by atoms with van der Waals surface area (Å²) in [6.07, 6.45) is 0. The quantitative estimate of drug-likeness (QED) is 0.487. The fraction of sp³-hybridized carbons (Fsp3) is 1.00. The molecule has 4 N–H and O–H groups in total. The summed E-state index contributed by atoms with van der Waals surface area (Å²) in [5.74, 6) is 0. The number of quaternary nitrogens is 2. The van der Waals surface area contributed by atoms with Crippen molar-refractivity contribution in [1.82, 2.24) is 0 Å². The molecule has 12 heteroatoms. The van der Waals surface area contributed by atoms with Gasteiger partial charge in [-0.3, -0.25) is 0 Å². The summed E-state index contributed by atoms with van der Waals surface area (Å²) < 4.78 is 0. The molecule has 0 aliphatic carbocycles. The Morgan fingerprint density at radius 3 is 0.500 bits per heavy atom. The van der Waals surface area contributed by atoms with E-state index in [4.69, 9.17) is 81.6 Å². The van der Waals surface area contributed by atoms with Crippen LogP contribution in [0.1, 0.15) is 0 Å². The van der Waals surface area contributed by atoms with Crippen LogP contribution in [0.25, 0.3) is 0 Å². The number of hydrogen-bond acceptors (Lipinski definition) is 0. The van der Waals surface area contributed by atoms with Crippen molar-refractivity contribution in [3.05, 3.63) is 0 Å². The third-order valence-electron chi connectivity index (χ3n) is 0. The SMILES string of the molecule is C[NH2+]C.C[NH2+]C.[Cl][Ni-]([Cl])([Cl])[Cl].[Cl][Ni-]([Cl])([Cl])[Cl]. The van der Waals surface area contributed by atoms with Crippen molar-refractivity contribution < 1.29 is 28.3 Å². The van der Waals surface area contributed by atoms with Crippen molar-refractivity contribution in [1.29, 1.82) is 0 Å². The van der Waals surface area contributed by atoms with Crippen molar-refractivity contribution in [2.75, 3.05) is 28.2 Å². The second-order valence-corrected chi connectivity index (χ2v) is 21.3. The van der Waals surface area contributed by atoms with Gasteiger partial charge in [0.2, 0.25) is 0 Å². The van der Waals surface area contributed by atoms with E-state index in [9.17, 15) is 0 Å². The van der Waals surface area contributed by atoms with Crippen molar-refractivity contribution in [2.24, 2.45) is 0 Å². The normalized spacial score (nSPS) is 11.8. The molecule has 16 heavy (non-hydrogen) atoms. The fourth-order valence-corrected chi connectivity index (χ4v) is 0. The van der Waals surface area contributed by atoms with E-state index in [1.165, 1.54) is 0 Å². The molecule has 0 fully saturated rings. The first kappa shape index (κ1) is 27.5. The summed E-state index contributed by atoms with van der Waals surface area (Å²) >= 11 is 0. The van der Waals surface area contributed by atoms with Crippen LogP contribution in [-0.4, -0.2) is 28.2 Å². The first-order valence-corrected chi connectivity index (χ1v) is 14.1. The Bertz CT molecular complexity index is 89.6. The third kappa shape index (κ3) is 436. The molecule has 0 unspecified atom stereocenters. The van der Waals surface area contributed by atoms with Gasteiger partial charge in [-0.15, -0.1) is 0 Å². The van der Waals surface area contributed by atoms with Gasteiger partial charge in [0, 0.05) is 0 Å². The molecule has 0 aromatic heterocycles. The Morgan fingerprint density at radius 1 is 0.500 bits per heavy atom. The molecule has 0 aliphatic rings. The summed E-state index contributed by atoms with van der Waals surface area (Å²) in [6.45, 7) is 0. The molecule has 0 amide bonds. The van der Waals surface area contributed by atoms with Crippen molar-refractivity contribution in [3.8, 4) is 0 Å². The topological polar surface area (TPSA) is 33.2 Å². The van der Waals surface area contributed by atoms with E-state index in [-0.39, 0.29) is 0 Å². The molecule has 0 aliphatic heterocycles. The monoisotopic (exact) mass is 488 g/mol. The molecule has 118 valence electrons. The maximum absolute atomic E-state index is 4.92. The average Bonchev–Trinajstić information content (AvgIpc) is 1.79. The number of rotatable bonds is 0. The Labute approximate surface area is 136 Å². The van der Waals surface area contributed by atoms with Crippen LogP contribution in [0, 0.1) is 0 Å². The molecule has 0 aromatic carbocycles. The van der Waals surface area contributed by atoms with Gasteiger partial charge in [-0.05, 0) is 0 Å². The molecule has 0 aromatic rings. The van der Waals surface area contributed by atoms with Gasteiger partial charge in [0.1, 0.15) is 0 Å². The van der Waals surface area contributed by atoms with Gasteiger partial charge in [0.25, 0.3) is 0 Å². The Morgan fingerprint density at radius 2 is 0.500 bits per heavy atom. The molecular weight excluding hydrogens is 477 g/mol. The third-order valence-corrected chi connectivity index (χ3v) is 0. The number of hydrogen-bond donors (Lipinski definition) is 2. The van der Waals surface area contributed by atoms with E-state index in [1.54, 1.807) is 0 Å². The Hall–Kier alpha value is 3.23. The second-order valence-electron chi connectivity index (χ2n) is 1.70. The van der Waals surface area contributed by atoms with Gasteiger partial charge in [-0.2, -0.15) is 0 Å². The second kappa shape index (κ2) is 18.2. The van der Waals surface area contributed by atoms with Gasteiger partial charge in [0.05, 0.1) is 28.2 Å². The van der Waals surface area contributed by atoms with Crippen LogP contribution in [0.5, 0.6) is 0 Å². The summed E-state index contributed by atoms with van der Waals surface area (Å²) in [6, 6.07) is 0. The first-order chi connectivity index (χ1) is 6.83. The zero-order valence-corrected chi connectivity index (χ0v) is 16.8. The van der Waals surface area contributed by atoms with Gasteiger partial charge >= 0.3 is 99.2 Å². The molecular formula is C4H16Cl8N2Ni2. The molecule has 0 rings (SSSR count). The van der Waals surface area contributed by atoms with Crippen LogP contribution in [0.2, 0.25) is 0 Å². The van der Waals surface area contributed by atoms with Gasteiger partial charge in [-0.1, -0.05) is 0 Å². The summed E-state index contributed by atoms with van der Waals surface area (Å²) in [5.41, 5.74) is 0. The van der Waals surface area contributed by atoms with Crippen LogP contribution in [-0.2, 0) is 17.6 Å². The Balaban J connectivity index is -0.0000000621. The summed E-state index contributed by atoms with van der Waals surface area (Å²) in [4.78, 5) is 0. The van der Waals surface area contributed by atoms with Crippen LogP contribution in [0.4, 0.5) is 0 Å². The van der Waals surface area contributed by atoms with Gasteiger partial charge in [0.15, 0.2) is 0 Å². The zero-order chi connectivity index (χ0) is 14.4.